The summed E-state index contributed by atoms with van der Waals surface area (Å²) >= 11 is 0. The van der Waals surface area contributed by atoms with Gasteiger partial charge in [0.1, 0.15) is 24.5 Å². The van der Waals surface area contributed by atoms with E-state index in [-0.39, 0.29) is 36.4 Å². The molecule has 0 spiro atoms. The number of para-hydroxylation sites is 1. The maximum absolute atomic E-state index is 12.6. The summed E-state index contributed by atoms with van der Waals surface area (Å²) in [6.45, 7) is 8.81. The molecule has 0 heterocycles. The van der Waals surface area contributed by atoms with Crippen LogP contribution in [0.2, 0.25) is 0 Å². The third-order valence-electron chi connectivity index (χ3n) is 6.13. The first-order chi connectivity index (χ1) is 19.5. The number of esters is 3. The van der Waals surface area contributed by atoms with Crippen molar-refractivity contribution in [2.45, 2.75) is 78.9 Å². The van der Waals surface area contributed by atoms with Crippen molar-refractivity contribution in [1.82, 2.24) is 0 Å². The Kier molecular flexibility index (Phi) is 13.8. The second-order valence-corrected chi connectivity index (χ2v) is 10.0. The van der Waals surface area contributed by atoms with Crippen molar-refractivity contribution in [3.8, 4) is 17.2 Å². The highest BCUT2D eigenvalue weighted by molar-refractivity contribution is 5.79. The van der Waals surface area contributed by atoms with E-state index in [1.54, 1.807) is 57.2 Å². The van der Waals surface area contributed by atoms with Gasteiger partial charge in [0.05, 0.1) is 11.8 Å². The van der Waals surface area contributed by atoms with Gasteiger partial charge in [-0.05, 0) is 56.0 Å². The monoisotopic (exact) mass is 571 g/mol. The molecule has 0 aliphatic carbocycles. The summed E-state index contributed by atoms with van der Waals surface area (Å²) in [5.74, 6) is -1.75. The van der Waals surface area contributed by atoms with Crippen LogP contribution in [0.15, 0.2) is 48.5 Å². The van der Waals surface area contributed by atoms with Gasteiger partial charge in [-0.25, -0.2) is 4.79 Å². The summed E-state index contributed by atoms with van der Waals surface area (Å²) < 4.78 is 26.5. The fourth-order valence-electron chi connectivity index (χ4n) is 3.82. The molecule has 224 valence electrons. The Morgan fingerprint density at radius 1 is 0.756 bits per heavy atom. The van der Waals surface area contributed by atoms with Gasteiger partial charge in [0.15, 0.2) is 11.5 Å². The van der Waals surface area contributed by atoms with Gasteiger partial charge in [0.2, 0.25) is 0 Å². The van der Waals surface area contributed by atoms with Crippen LogP contribution in [0, 0.1) is 11.8 Å². The van der Waals surface area contributed by atoms with E-state index in [9.17, 15) is 19.2 Å². The minimum absolute atomic E-state index is 0.0536. The Labute approximate surface area is 241 Å². The van der Waals surface area contributed by atoms with Gasteiger partial charge in [0, 0.05) is 0 Å². The first-order valence-electron chi connectivity index (χ1n) is 14.0. The Morgan fingerprint density at radius 2 is 1.34 bits per heavy atom. The minimum atomic E-state index is -1.06. The standard InChI is InChI=1S/C31H41NO9/c1-6-11-20(3)28(33)40-26-16-15-23(18-27(26)41-29(34)21(4)12-7-2)17-25(32)30(35)38-22(5)19-37-31(36)39-24-13-9-8-10-14-24/h8-10,13-16,18,20-22,25H,6-7,11-12,17,19,32H2,1-5H3/t20?,21?,22-,25-/m0/s1. The van der Waals surface area contributed by atoms with E-state index in [0.717, 1.165) is 12.8 Å². The predicted octanol–water partition coefficient (Wildman–Crippen LogP) is 5.39. The summed E-state index contributed by atoms with van der Waals surface area (Å²) in [7, 11) is 0. The molecule has 0 saturated heterocycles. The lowest BCUT2D eigenvalue weighted by molar-refractivity contribution is -0.152. The van der Waals surface area contributed by atoms with Crippen LogP contribution < -0.4 is 19.9 Å². The van der Waals surface area contributed by atoms with Gasteiger partial charge < -0.3 is 29.4 Å². The number of hydrogen-bond donors (Lipinski definition) is 1. The lowest BCUT2D eigenvalue weighted by atomic mass is 10.0. The molecule has 2 rings (SSSR count). The third-order valence-corrected chi connectivity index (χ3v) is 6.13. The highest BCUT2D eigenvalue weighted by atomic mass is 16.7. The van der Waals surface area contributed by atoms with Crippen molar-refractivity contribution in [1.29, 1.82) is 0 Å². The maximum atomic E-state index is 12.6. The molecular weight excluding hydrogens is 530 g/mol. The van der Waals surface area contributed by atoms with Crippen LogP contribution in [0.3, 0.4) is 0 Å². The Balaban J connectivity index is 2.02. The van der Waals surface area contributed by atoms with Crippen molar-refractivity contribution in [2.24, 2.45) is 17.6 Å². The molecule has 2 aromatic carbocycles. The first kappa shape index (κ1) is 33.3. The molecule has 0 radical (unpaired) electrons. The average Bonchev–Trinajstić information content (AvgIpc) is 2.94. The average molecular weight is 572 g/mol. The fourth-order valence-corrected chi connectivity index (χ4v) is 3.82. The Morgan fingerprint density at radius 3 is 1.93 bits per heavy atom. The summed E-state index contributed by atoms with van der Waals surface area (Å²) in [6, 6.07) is 12.0. The summed E-state index contributed by atoms with van der Waals surface area (Å²) in [5, 5.41) is 0. The zero-order valence-corrected chi connectivity index (χ0v) is 24.4. The molecule has 0 saturated carbocycles. The number of rotatable bonds is 15. The summed E-state index contributed by atoms with van der Waals surface area (Å²) in [6.07, 6.45) is 1.28. The van der Waals surface area contributed by atoms with E-state index in [0.29, 0.717) is 24.2 Å². The maximum Gasteiger partial charge on any atom is 0.513 e. The smallest absolute Gasteiger partial charge is 0.458 e. The lowest BCUT2D eigenvalue weighted by Gasteiger charge is -2.18. The van der Waals surface area contributed by atoms with Gasteiger partial charge in [-0.15, -0.1) is 0 Å². The molecule has 0 aliphatic heterocycles. The van der Waals surface area contributed by atoms with Crippen LogP contribution in [-0.4, -0.2) is 42.8 Å². The molecule has 0 amide bonds. The van der Waals surface area contributed by atoms with Crippen molar-refractivity contribution in [3.63, 3.8) is 0 Å². The first-order valence-corrected chi connectivity index (χ1v) is 14.0. The number of ether oxygens (including phenoxy) is 5. The van der Waals surface area contributed by atoms with Crippen LogP contribution in [0.1, 0.15) is 65.9 Å². The van der Waals surface area contributed by atoms with Gasteiger partial charge in [-0.1, -0.05) is 64.8 Å². The SMILES string of the molecule is CCCC(C)C(=O)Oc1ccc(C[C@H](N)C(=O)O[C@@H](C)COC(=O)Oc2ccccc2)cc1OC(=O)C(C)CCC. The van der Waals surface area contributed by atoms with E-state index in [1.165, 1.54) is 12.1 Å². The summed E-state index contributed by atoms with van der Waals surface area (Å²) in [4.78, 5) is 49.6. The van der Waals surface area contributed by atoms with Crippen LogP contribution in [0.4, 0.5) is 4.79 Å². The Bertz CT molecular complexity index is 1150. The molecule has 2 unspecified atom stereocenters. The molecular formula is C31H41NO9. The topological polar surface area (TPSA) is 140 Å². The van der Waals surface area contributed by atoms with E-state index in [1.807, 2.05) is 13.8 Å². The molecule has 0 bridgehead atoms. The molecule has 0 aliphatic rings. The van der Waals surface area contributed by atoms with E-state index in [2.05, 4.69) is 0 Å². The van der Waals surface area contributed by atoms with Crippen LogP contribution in [0.25, 0.3) is 0 Å². The number of carbonyl (C=O) groups is 4. The van der Waals surface area contributed by atoms with Crippen molar-refractivity contribution in [3.05, 3.63) is 54.1 Å². The molecule has 10 nitrogen and oxygen atoms in total. The Hall–Kier alpha value is -3.92. The molecule has 4 atom stereocenters. The van der Waals surface area contributed by atoms with E-state index in [4.69, 9.17) is 29.4 Å². The van der Waals surface area contributed by atoms with Crippen LogP contribution >= 0.6 is 0 Å². The minimum Gasteiger partial charge on any atom is -0.458 e. The number of benzene rings is 2. The number of carbonyl (C=O) groups excluding carboxylic acids is 4. The quantitative estimate of drug-likeness (QED) is 0.168. The molecule has 2 N–H and O–H groups in total. The van der Waals surface area contributed by atoms with Gasteiger partial charge in [-0.3, -0.25) is 14.4 Å². The van der Waals surface area contributed by atoms with Gasteiger partial charge in [0.25, 0.3) is 0 Å². The highest BCUT2D eigenvalue weighted by Crippen LogP contribution is 2.31. The van der Waals surface area contributed by atoms with Crippen molar-refractivity contribution < 1.29 is 42.9 Å². The highest BCUT2D eigenvalue weighted by Gasteiger charge is 2.24. The number of hydrogen-bond acceptors (Lipinski definition) is 10. The molecule has 0 aromatic heterocycles. The van der Waals surface area contributed by atoms with Crippen LogP contribution in [0.5, 0.6) is 17.2 Å². The molecule has 41 heavy (non-hydrogen) atoms. The molecule has 2 aromatic rings. The second-order valence-electron chi connectivity index (χ2n) is 10.0. The third kappa shape index (κ3) is 11.6. The second kappa shape index (κ2) is 17.0. The lowest BCUT2D eigenvalue weighted by Crippen LogP contribution is -2.37. The molecule has 10 heteroatoms. The number of nitrogens with two attached hydrogens (primary N) is 1. The zero-order valence-electron chi connectivity index (χ0n) is 24.4. The van der Waals surface area contributed by atoms with Gasteiger partial charge >= 0.3 is 24.1 Å². The van der Waals surface area contributed by atoms with Crippen molar-refractivity contribution >= 4 is 24.1 Å². The van der Waals surface area contributed by atoms with Crippen molar-refractivity contribution in [2.75, 3.05) is 6.61 Å². The van der Waals surface area contributed by atoms with E-state index >= 15 is 0 Å². The summed E-state index contributed by atoms with van der Waals surface area (Å²) in [5.41, 5.74) is 6.65. The normalized spacial score (nSPS) is 13.7. The largest absolute Gasteiger partial charge is 0.513 e. The fraction of sp³-hybridized carbons (Fsp3) is 0.484. The van der Waals surface area contributed by atoms with Crippen LogP contribution in [-0.2, 0) is 30.3 Å². The van der Waals surface area contributed by atoms with E-state index < -0.39 is 36.2 Å². The van der Waals surface area contributed by atoms with Gasteiger partial charge in [-0.2, -0.15) is 0 Å². The molecule has 0 fully saturated rings. The zero-order chi connectivity index (χ0) is 30.4. The predicted molar refractivity (Wildman–Crippen MR) is 152 cm³/mol.